The first kappa shape index (κ1) is 7.53. The average Bonchev–Trinajstić information content (AvgIpc) is 2.69. The molecule has 0 bridgehead atoms. The quantitative estimate of drug-likeness (QED) is 0.611. The average molecular weight is 157 g/mol. The van der Waals surface area contributed by atoms with Crippen molar-refractivity contribution < 1.29 is 4.39 Å². The minimum atomic E-state index is -0.931. The number of piperidine rings is 1. The molecular formula is C9H16FN. The van der Waals surface area contributed by atoms with E-state index < -0.39 is 5.67 Å². The SMILES string of the molecule is CC1(F)CNCCC1C1CC1. The van der Waals surface area contributed by atoms with E-state index in [0.717, 1.165) is 13.0 Å². The van der Waals surface area contributed by atoms with Crippen LogP contribution in [0.15, 0.2) is 0 Å². The second-order valence-electron chi connectivity index (χ2n) is 4.19. The number of alkyl halides is 1. The van der Waals surface area contributed by atoms with Gasteiger partial charge in [0.1, 0.15) is 5.67 Å². The van der Waals surface area contributed by atoms with Crippen LogP contribution in [0, 0.1) is 11.8 Å². The fraction of sp³-hybridized carbons (Fsp3) is 1.00. The number of nitrogens with one attached hydrogen (secondary N) is 1. The topological polar surface area (TPSA) is 12.0 Å². The molecule has 1 heterocycles. The molecule has 1 saturated heterocycles. The summed E-state index contributed by atoms with van der Waals surface area (Å²) in [5.41, 5.74) is -0.931. The molecular weight excluding hydrogens is 141 g/mol. The zero-order chi connectivity index (χ0) is 7.90. The van der Waals surface area contributed by atoms with Crippen LogP contribution in [0.5, 0.6) is 0 Å². The van der Waals surface area contributed by atoms with Crippen molar-refractivity contribution in [1.29, 1.82) is 0 Å². The highest BCUT2D eigenvalue weighted by molar-refractivity contribution is 4.96. The molecule has 2 heteroatoms. The Kier molecular flexibility index (Phi) is 1.67. The zero-order valence-corrected chi connectivity index (χ0v) is 7.07. The highest BCUT2D eigenvalue weighted by Gasteiger charge is 2.45. The van der Waals surface area contributed by atoms with Crippen molar-refractivity contribution in [2.24, 2.45) is 11.8 Å². The largest absolute Gasteiger partial charge is 0.314 e. The van der Waals surface area contributed by atoms with Crippen molar-refractivity contribution in [3.05, 3.63) is 0 Å². The van der Waals surface area contributed by atoms with Gasteiger partial charge in [0, 0.05) is 6.54 Å². The smallest absolute Gasteiger partial charge is 0.123 e. The summed E-state index contributed by atoms with van der Waals surface area (Å²) in [4.78, 5) is 0. The van der Waals surface area contributed by atoms with Gasteiger partial charge < -0.3 is 5.32 Å². The van der Waals surface area contributed by atoms with Gasteiger partial charge in [0.15, 0.2) is 0 Å². The summed E-state index contributed by atoms with van der Waals surface area (Å²) in [7, 11) is 0. The molecule has 0 amide bonds. The Bertz CT molecular complexity index is 152. The Morgan fingerprint density at radius 2 is 2.09 bits per heavy atom. The standard InChI is InChI=1S/C9H16FN/c1-9(10)6-11-5-4-8(9)7-2-3-7/h7-8,11H,2-6H2,1H3. The number of rotatable bonds is 1. The predicted molar refractivity (Wildman–Crippen MR) is 43.2 cm³/mol. The highest BCUT2D eigenvalue weighted by atomic mass is 19.1. The molecule has 0 aromatic rings. The summed E-state index contributed by atoms with van der Waals surface area (Å²) < 4.78 is 13.8. The summed E-state index contributed by atoms with van der Waals surface area (Å²) >= 11 is 0. The molecule has 1 nitrogen and oxygen atoms in total. The summed E-state index contributed by atoms with van der Waals surface area (Å²) in [6.07, 6.45) is 3.58. The van der Waals surface area contributed by atoms with Crippen molar-refractivity contribution in [3.8, 4) is 0 Å². The van der Waals surface area contributed by atoms with E-state index >= 15 is 0 Å². The van der Waals surface area contributed by atoms with Crippen LogP contribution in [0.3, 0.4) is 0 Å². The van der Waals surface area contributed by atoms with Crippen LogP contribution in [0.2, 0.25) is 0 Å². The summed E-state index contributed by atoms with van der Waals surface area (Å²) in [5.74, 6) is 1.07. The van der Waals surface area contributed by atoms with Gasteiger partial charge in [0.2, 0.25) is 0 Å². The van der Waals surface area contributed by atoms with Crippen molar-refractivity contribution >= 4 is 0 Å². The van der Waals surface area contributed by atoms with Gasteiger partial charge in [-0.2, -0.15) is 0 Å². The van der Waals surface area contributed by atoms with E-state index in [1.54, 1.807) is 6.92 Å². The van der Waals surface area contributed by atoms with Crippen LogP contribution in [0.1, 0.15) is 26.2 Å². The lowest BCUT2D eigenvalue weighted by atomic mass is 9.81. The fourth-order valence-electron chi connectivity index (χ4n) is 2.25. The maximum Gasteiger partial charge on any atom is 0.123 e. The lowest BCUT2D eigenvalue weighted by Gasteiger charge is -2.35. The molecule has 2 atom stereocenters. The molecule has 0 aromatic heterocycles. The first-order valence-corrected chi connectivity index (χ1v) is 4.60. The Morgan fingerprint density at radius 3 is 2.64 bits per heavy atom. The first-order valence-electron chi connectivity index (χ1n) is 4.60. The zero-order valence-electron chi connectivity index (χ0n) is 7.07. The maximum absolute atomic E-state index is 13.8. The molecule has 2 aliphatic rings. The molecule has 2 fully saturated rings. The molecule has 0 spiro atoms. The molecule has 11 heavy (non-hydrogen) atoms. The van der Waals surface area contributed by atoms with E-state index in [1.165, 1.54) is 12.8 Å². The van der Waals surface area contributed by atoms with Gasteiger partial charge in [-0.05, 0) is 44.6 Å². The second-order valence-corrected chi connectivity index (χ2v) is 4.19. The Balaban J connectivity index is 2.02. The van der Waals surface area contributed by atoms with E-state index in [-0.39, 0.29) is 0 Å². The van der Waals surface area contributed by atoms with Crippen molar-refractivity contribution in [2.45, 2.75) is 31.9 Å². The molecule has 2 unspecified atom stereocenters. The molecule has 1 aliphatic heterocycles. The van der Waals surface area contributed by atoms with E-state index in [2.05, 4.69) is 5.32 Å². The van der Waals surface area contributed by atoms with Crippen molar-refractivity contribution in [1.82, 2.24) is 5.32 Å². The van der Waals surface area contributed by atoms with Crippen molar-refractivity contribution in [2.75, 3.05) is 13.1 Å². The van der Waals surface area contributed by atoms with Gasteiger partial charge in [0.25, 0.3) is 0 Å². The van der Waals surface area contributed by atoms with Gasteiger partial charge in [-0.1, -0.05) is 0 Å². The van der Waals surface area contributed by atoms with E-state index in [1.807, 2.05) is 0 Å². The fourth-order valence-corrected chi connectivity index (χ4v) is 2.25. The van der Waals surface area contributed by atoms with Crippen LogP contribution < -0.4 is 5.32 Å². The summed E-state index contributed by atoms with van der Waals surface area (Å²) in [6, 6.07) is 0. The van der Waals surface area contributed by atoms with Crippen LogP contribution in [0.4, 0.5) is 4.39 Å². The van der Waals surface area contributed by atoms with E-state index in [4.69, 9.17) is 0 Å². The van der Waals surface area contributed by atoms with Gasteiger partial charge >= 0.3 is 0 Å². The Labute approximate surface area is 67.4 Å². The van der Waals surface area contributed by atoms with Gasteiger partial charge in [-0.3, -0.25) is 0 Å². The molecule has 1 saturated carbocycles. The minimum Gasteiger partial charge on any atom is -0.314 e. The van der Waals surface area contributed by atoms with E-state index in [0.29, 0.717) is 18.4 Å². The van der Waals surface area contributed by atoms with Crippen LogP contribution in [-0.2, 0) is 0 Å². The maximum atomic E-state index is 13.8. The van der Waals surface area contributed by atoms with Crippen LogP contribution >= 0.6 is 0 Å². The van der Waals surface area contributed by atoms with Crippen LogP contribution in [0.25, 0.3) is 0 Å². The van der Waals surface area contributed by atoms with E-state index in [9.17, 15) is 4.39 Å². The van der Waals surface area contributed by atoms with Gasteiger partial charge in [0.05, 0.1) is 0 Å². The number of hydrogen-bond acceptors (Lipinski definition) is 1. The predicted octanol–water partition coefficient (Wildman–Crippen LogP) is 1.73. The number of halogens is 1. The summed E-state index contributed by atoms with van der Waals surface area (Å²) in [6.45, 7) is 3.33. The molecule has 2 rings (SSSR count). The molecule has 64 valence electrons. The third-order valence-electron chi connectivity index (χ3n) is 3.07. The first-order chi connectivity index (χ1) is 5.20. The third-order valence-corrected chi connectivity index (χ3v) is 3.07. The molecule has 0 radical (unpaired) electrons. The van der Waals surface area contributed by atoms with Gasteiger partial charge in [-0.15, -0.1) is 0 Å². The lowest BCUT2D eigenvalue weighted by Crippen LogP contribution is -2.47. The second kappa shape index (κ2) is 2.44. The highest BCUT2D eigenvalue weighted by Crippen LogP contribution is 2.46. The number of hydrogen-bond donors (Lipinski definition) is 1. The monoisotopic (exact) mass is 157 g/mol. The molecule has 1 aliphatic carbocycles. The summed E-state index contributed by atoms with van der Waals surface area (Å²) in [5, 5.41) is 3.11. The Morgan fingerprint density at radius 1 is 1.36 bits per heavy atom. The van der Waals surface area contributed by atoms with Crippen LogP contribution in [-0.4, -0.2) is 18.8 Å². The minimum absolute atomic E-state index is 0.351. The normalized spacial score (nSPS) is 45.8. The molecule has 1 N–H and O–H groups in total. The third kappa shape index (κ3) is 1.41. The van der Waals surface area contributed by atoms with Gasteiger partial charge in [-0.25, -0.2) is 4.39 Å². The lowest BCUT2D eigenvalue weighted by molar-refractivity contribution is 0.0575. The Hall–Kier alpha value is -0.110. The molecule has 0 aromatic carbocycles. The van der Waals surface area contributed by atoms with Crippen molar-refractivity contribution in [3.63, 3.8) is 0 Å².